The van der Waals surface area contributed by atoms with E-state index in [0.29, 0.717) is 31.5 Å². The quantitative estimate of drug-likeness (QED) is 0.422. The fourth-order valence-corrected chi connectivity index (χ4v) is 4.35. The summed E-state index contributed by atoms with van der Waals surface area (Å²) in [6, 6.07) is 7.75. The Morgan fingerprint density at radius 3 is 2.53 bits per heavy atom. The molecular weight excluding hydrogens is 406 g/mol. The maximum Gasteiger partial charge on any atom is 0.242 e. The number of carbonyl (C=O) groups is 2. The van der Waals surface area contributed by atoms with E-state index in [2.05, 4.69) is 20.9 Å². The molecule has 1 aromatic carbocycles. The van der Waals surface area contributed by atoms with Gasteiger partial charge in [0.15, 0.2) is 5.96 Å². The molecule has 176 valence electrons. The Kier molecular flexibility index (Phi) is 9.19. The molecule has 3 rings (SSSR count). The zero-order chi connectivity index (χ0) is 22.8. The molecule has 2 aliphatic rings. The number of ether oxygens (including phenoxy) is 1. The Hall–Kier alpha value is -2.77. The average molecular weight is 444 g/mol. The van der Waals surface area contributed by atoms with Crippen LogP contribution in [0.2, 0.25) is 0 Å². The van der Waals surface area contributed by atoms with E-state index < -0.39 is 0 Å². The minimum atomic E-state index is -0.140. The average Bonchev–Trinajstić information content (AvgIpc) is 3.30. The van der Waals surface area contributed by atoms with Crippen LogP contribution < -0.4 is 20.7 Å². The summed E-state index contributed by atoms with van der Waals surface area (Å²) in [5.74, 6) is 1.78. The van der Waals surface area contributed by atoms with Crippen LogP contribution in [0.25, 0.3) is 0 Å². The second kappa shape index (κ2) is 12.3. The highest BCUT2D eigenvalue weighted by Gasteiger charge is 2.31. The highest BCUT2D eigenvalue weighted by molar-refractivity contribution is 5.85. The molecule has 1 unspecified atom stereocenters. The lowest BCUT2D eigenvalue weighted by Crippen LogP contribution is -2.46. The predicted molar refractivity (Wildman–Crippen MR) is 126 cm³/mol. The van der Waals surface area contributed by atoms with E-state index in [1.165, 1.54) is 19.3 Å². The zero-order valence-electron chi connectivity index (χ0n) is 19.4. The third kappa shape index (κ3) is 7.14. The number of nitrogens with one attached hydrogen (secondary N) is 3. The minimum absolute atomic E-state index is 0.0446. The van der Waals surface area contributed by atoms with Crippen LogP contribution in [0.1, 0.15) is 51.0 Å². The number of guanidine groups is 1. The van der Waals surface area contributed by atoms with Gasteiger partial charge in [-0.2, -0.15) is 0 Å². The molecule has 32 heavy (non-hydrogen) atoms. The van der Waals surface area contributed by atoms with Crippen molar-refractivity contribution < 1.29 is 14.3 Å². The molecule has 8 nitrogen and oxygen atoms in total. The Bertz CT molecular complexity index is 774. The van der Waals surface area contributed by atoms with Gasteiger partial charge in [0.2, 0.25) is 11.8 Å². The van der Waals surface area contributed by atoms with Gasteiger partial charge in [-0.1, -0.05) is 31.4 Å². The van der Waals surface area contributed by atoms with Crippen molar-refractivity contribution in [3.05, 3.63) is 29.8 Å². The summed E-state index contributed by atoms with van der Waals surface area (Å²) in [6.07, 6.45) is 6.55. The van der Waals surface area contributed by atoms with E-state index >= 15 is 0 Å². The standard InChI is InChI=1S/C24H37N5O3/c1-3-25-24(27-16-22(30)26-15-18-9-11-21(32-2)12-10-18)28-20-13-14-29(17-20)23(31)19-7-5-4-6-8-19/h9-12,19-20H,3-8,13-17H2,1-2H3,(H,26,30)(H2,25,27,28). The Morgan fingerprint density at radius 2 is 1.84 bits per heavy atom. The molecule has 0 aromatic heterocycles. The fraction of sp³-hybridized carbons (Fsp3) is 0.625. The van der Waals surface area contributed by atoms with Gasteiger partial charge >= 0.3 is 0 Å². The Morgan fingerprint density at radius 1 is 1.09 bits per heavy atom. The van der Waals surface area contributed by atoms with Crippen LogP contribution in [-0.2, 0) is 16.1 Å². The van der Waals surface area contributed by atoms with E-state index in [1.54, 1.807) is 7.11 Å². The van der Waals surface area contributed by atoms with Crippen molar-refractivity contribution in [2.24, 2.45) is 10.9 Å². The van der Waals surface area contributed by atoms with E-state index in [0.717, 1.165) is 37.1 Å². The molecule has 1 saturated carbocycles. The fourth-order valence-electron chi connectivity index (χ4n) is 4.35. The minimum Gasteiger partial charge on any atom is -0.497 e. The predicted octanol–water partition coefficient (Wildman–Crippen LogP) is 2.05. The van der Waals surface area contributed by atoms with Gasteiger partial charge in [0.25, 0.3) is 0 Å². The van der Waals surface area contributed by atoms with Gasteiger partial charge in [0, 0.05) is 38.1 Å². The summed E-state index contributed by atoms with van der Waals surface area (Å²) < 4.78 is 5.15. The van der Waals surface area contributed by atoms with Gasteiger partial charge in [0.1, 0.15) is 12.3 Å². The van der Waals surface area contributed by atoms with Crippen molar-refractivity contribution in [2.75, 3.05) is 33.3 Å². The normalized spacial score (nSPS) is 19.5. The summed E-state index contributed by atoms with van der Waals surface area (Å²) in [7, 11) is 1.63. The number of methoxy groups -OCH3 is 1. The van der Waals surface area contributed by atoms with E-state index in [4.69, 9.17) is 4.74 Å². The van der Waals surface area contributed by atoms with Gasteiger partial charge in [0.05, 0.1) is 7.11 Å². The van der Waals surface area contributed by atoms with E-state index in [1.807, 2.05) is 36.1 Å². The highest BCUT2D eigenvalue weighted by atomic mass is 16.5. The number of hydrogen-bond acceptors (Lipinski definition) is 4. The number of amides is 2. The zero-order valence-corrected chi connectivity index (χ0v) is 19.4. The maximum atomic E-state index is 12.8. The number of carbonyl (C=O) groups excluding carboxylic acids is 2. The third-order valence-corrected chi connectivity index (χ3v) is 6.17. The first kappa shape index (κ1) is 23.9. The topological polar surface area (TPSA) is 95.1 Å². The molecule has 1 aliphatic carbocycles. The second-order valence-corrected chi connectivity index (χ2v) is 8.57. The lowest BCUT2D eigenvalue weighted by atomic mass is 9.88. The summed E-state index contributed by atoms with van der Waals surface area (Å²) in [5.41, 5.74) is 1.00. The molecule has 0 radical (unpaired) electrons. The van der Waals surface area contributed by atoms with Crippen LogP contribution >= 0.6 is 0 Å². The number of aliphatic imine (C=N–C) groups is 1. The van der Waals surface area contributed by atoms with Crippen molar-refractivity contribution in [1.29, 1.82) is 0 Å². The van der Waals surface area contributed by atoms with Gasteiger partial charge in [-0.05, 0) is 43.9 Å². The number of rotatable bonds is 8. The molecule has 8 heteroatoms. The van der Waals surface area contributed by atoms with Crippen molar-refractivity contribution in [3.63, 3.8) is 0 Å². The number of benzene rings is 1. The summed E-state index contributed by atoms with van der Waals surface area (Å²) in [4.78, 5) is 31.5. The van der Waals surface area contributed by atoms with Crippen molar-refractivity contribution >= 4 is 17.8 Å². The van der Waals surface area contributed by atoms with Crippen LogP contribution in [0, 0.1) is 5.92 Å². The molecular formula is C24H37N5O3. The SMILES string of the molecule is CCNC(=NCC(=O)NCc1ccc(OC)cc1)NC1CCN(C(=O)C2CCCCC2)C1. The van der Waals surface area contributed by atoms with Crippen LogP contribution in [0.5, 0.6) is 5.75 Å². The number of nitrogens with zero attached hydrogens (tertiary/aromatic N) is 2. The first-order valence-corrected chi connectivity index (χ1v) is 11.8. The summed E-state index contributed by atoms with van der Waals surface area (Å²) in [6.45, 7) is 4.68. The van der Waals surface area contributed by atoms with Crippen molar-refractivity contribution in [1.82, 2.24) is 20.9 Å². The number of likely N-dealkylation sites (tertiary alicyclic amines) is 1. The summed E-state index contributed by atoms with van der Waals surface area (Å²) >= 11 is 0. The monoisotopic (exact) mass is 443 g/mol. The first-order chi connectivity index (χ1) is 15.6. The van der Waals surface area contributed by atoms with Crippen LogP contribution in [0.15, 0.2) is 29.3 Å². The molecule has 2 amide bonds. The lowest BCUT2D eigenvalue weighted by Gasteiger charge is -2.26. The molecule has 0 spiro atoms. The van der Waals surface area contributed by atoms with E-state index in [-0.39, 0.29) is 24.4 Å². The third-order valence-electron chi connectivity index (χ3n) is 6.17. The Labute approximate surface area is 191 Å². The largest absolute Gasteiger partial charge is 0.497 e. The molecule has 1 saturated heterocycles. The highest BCUT2D eigenvalue weighted by Crippen LogP contribution is 2.26. The van der Waals surface area contributed by atoms with Crippen molar-refractivity contribution in [3.8, 4) is 5.75 Å². The van der Waals surface area contributed by atoms with Gasteiger partial charge < -0.3 is 25.6 Å². The second-order valence-electron chi connectivity index (χ2n) is 8.57. The molecule has 3 N–H and O–H groups in total. The van der Waals surface area contributed by atoms with Crippen molar-refractivity contribution in [2.45, 2.75) is 58.0 Å². The molecule has 2 fully saturated rings. The van der Waals surface area contributed by atoms with E-state index in [9.17, 15) is 9.59 Å². The molecule has 1 atom stereocenters. The molecule has 1 aromatic rings. The lowest BCUT2D eigenvalue weighted by molar-refractivity contribution is -0.135. The van der Waals surface area contributed by atoms with Gasteiger partial charge in [-0.3, -0.25) is 9.59 Å². The smallest absolute Gasteiger partial charge is 0.242 e. The van der Waals surface area contributed by atoms with Crippen LogP contribution in [0.4, 0.5) is 0 Å². The van der Waals surface area contributed by atoms with Crippen LogP contribution in [-0.4, -0.2) is 62.0 Å². The molecule has 1 heterocycles. The maximum absolute atomic E-state index is 12.8. The van der Waals surface area contributed by atoms with Crippen LogP contribution in [0.3, 0.4) is 0 Å². The molecule has 0 bridgehead atoms. The first-order valence-electron chi connectivity index (χ1n) is 11.8. The van der Waals surface area contributed by atoms with Gasteiger partial charge in [-0.15, -0.1) is 0 Å². The number of hydrogen-bond donors (Lipinski definition) is 3. The molecule has 1 aliphatic heterocycles. The Balaban J connectivity index is 1.44. The summed E-state index contributed by atoms with van der Waals surface area (Å²) in [5, 5.41) is 9.49. The van der Waals surface area contributed by atoms with Gasteiger partial charge in [-0.25, -0.2) is 4.99 Å².